The molecule has 5 heteroatoms. The number of aryl methyl sites for hydroxylation is 1. The molecule has 2 atom stereocenters. The maximum atomic E-state index is 6.20. The number of rotatable bonds is 3. The Morgan fingerprint density at radius 3 is 2.33 bits per heavy atom. The van der Waals surface area contributed by atoms with Gasteiger partial charge in [0.1, 0.15) is 0 Å². The van der Waals surface area contributed by atoms with Gasteiger partial charge in [0.15, 0.2) is 0 Å². The summed E-state index contributed by atoms with van der Waals surface area (Å²) >= 11 is 6.20. The van der Waals surface area contributed by atoms with E-state index in [1.165, 1.54) is 0 Å². The topological polar surface area (TPSA) is 56.7 Å². The highest BCUT2D eigenvalue weighted by Gasteiger charge is 2.22. The summed E-state index contributed by atoms with van der Waals surface area (Å²) in [6.07, 6.45) is 3.52. The summed E-state index contributed by atoms with van der Waals surface area (Å²) in [5, 5.41) is 5.20. The largest absolute Gasteiger partial charge is 0.326 e. The fourth-order valence-corrected chi connectivity index (χ4v) is 2.27. The van der Waals surface area contributed by atoms with Crippen molar-refractivity contribution in [2.45, 2.75) is 32.9 Å². The third-order valence-electron chi connectivity index (χ3n) is 3.05. The first-order chi connectivity index (χ1) is 8.52. The fraction of sp³-hybridized carbons (Fsp3) is 0.385. The summed E-state index contributed by atoms with van der Waals surface area (Å²) in [5.41, 5.74) is 8.96. The Morgan fingerprint density at radius 1 is 1.28 bits per heavy atom. The minimum absolute atomic E-state index is 0.0285. The monoisotopic (exact) mass is 264 g/mol. The molecule has 4 nitrogen and oxygen atoms in total. The molecule has 18 heavy (non-hydrogen) atoms. The van der Waals surface area contributed by atoms with Crippen LogP contribution in [0.5, 0.6) is 0 Å². The standard InChI is InChI=1S/C13H17ClN4/c1-8(15)13(11-4-6-16-7-5-11)18-10(3)12(14)9(2)17-18/h4-8,13H,15H2,1-3H3. The second kappa shape index (κ2) is 5.08. The Bertz CT molecular complexity index is 533. The van der Waals surface area contributed by atoms with Gasteiger partial charge in [0.2, 0.25) is 0 Å². The zero-order valence-electron chi connectivity index (χ0n) is 10.8. The molecule has 0 saturated carbocycles. The van der Waals surface area contributed by atoms with Gasteiger partial charge in [0, 0.05) is 18.4 Å². The van der Waals surface area contributed by atoms with Crippen molar-refractivity contribution in [3.8, 4) is 0 Å². The molecule has 2 unspecified atom stereocenters. The van der Waals surface area contributed by atoms with Gasteiger partial charge in [-0.3, -0.25) is 9.67 Å². The van der Waals surface area contributed by atoms with Gasteiger partial charge in [-0.05, 0) is 38.5 Å². The Hall–Kier alpha value is -1.39. The summed E-state index contributed by atoms with van der Waals surface area (Å²) in [6, 6.07) is 3.82. The van der Waals surface area contributed by atoms with Crippen molar-refractivity contribution in [3.05, 3.63) is 46.5 Å². The molecule has 2 N–H and O–H groups in total. The van der Waals surface area contributed by atoms with E-state index in [1.807, 2.05) is 37.6 Å². The molecular weight excluding hydrogens is 248 g/mol. The van der Waals surface area contributed by atoms with Crippen molar-refractivity contribution >= 4 is 11.6 Å². The van der Waals surface area contributed by atoms with E-state index in [4.69, 9.17) is 17.3 Å². The van der Waals surface area contributed by atoms with Gasteiger partial charge in [-0.2, -0.15) is 5.10 Å². The molecule has 0 aliphatic carbocycles. The molecule has 0 bridgehead atoms. The Labute approximate surface area is 112 Å². The van der Waals surface area contributed by atoms with Crippen molar-refractivity contribution in [3.63, 3.8) is 0 Å². The van der Waals surface area contributed by atoms with Crippen LogP contribution in [0.2, 0.25) is 5.02 Å². The van der Waals surface area contributed by atoms with E-state index in [0.29, 0.717) is 5.02 Å². The molecular formula is C13H17ClN4. The molecule has 0 saturated heterocycles. The normalized spacial score (nSPS) is 14.5. The lowest BCUT2D eigenvalue weighted by Gasteiger charge is -2.23. The number of nitrogens with two attached hydrogens (primary N) is 1. The Balaban J connectivity index is 2.52. The summed E-state index contributed by atoms with van der Waals surface area (Å²) < 4.78 is 1.90. The molecule has 0 aliphatic rings. The maximum Gasteiger partial charge on any atom is 0.0921 e. The minimum Gasteiger partial charge on any atom is -0.326 e. The average molecular weight is 265 g/mol. The lowest BCUT2D eigenvalue weighted by atomic mass is 10.0. The molecule has 0 amide bonds. The predicted molar refractivity (Wildman–Crippen MR) is 72.7 cm³/mol. The summed E-state index contributed by atoms with van der Waals surface area (Å²) in [4.78, 5) is 4.03. The average Bonchev–Trinajstić information content (AvgIpc) is 2.59. The lowest BCUT2D eigenvalue weighted by Crippen LogP contribution is -2.31. The molecule has 0 fully saturated rings. The van der Waals surface area contributed by atoms with E-state index in [1.54, 1.807) is 12.4 Å². The van der Waals surface area contributed by atoms with Crippen molar-refractivity contribution in [1.82, 2.24) is 14.8 Å². The van der Waals surface area contributed by atoms with E-state index in [0.717, 1.165) is 17.0 Å². The zero-order valence-corrected chi connectivity index (χ0v) is 11.5. The van der Waals surface area contributed by atoms with Crippen molar-refractivity contribution in [1.29, 1.82) is 0 Å². The number of hydrogen-bond donors (Lipinski definition) is 1. The highest BCUT2D eigenvalue weighted by molar-refractivity contribution is 6.31. The van der Waals surface area contributed by atoms with Gasteiger partial charge < -0.3 is 5.73 Å². The van der Waals surface area contributed by atoms with Crippen LogP contribution in [0.15, 0.2) is 24.5 Å². The first kappa shape index (κ1) is 13.1. The van der Waals surface area contributed by atoms with Crippen molar-refractivity contribution in [2.24, 2.45) is 5.73 Å². The number of hydrogen-bond acceptors (Lipinski definition) is 3. The van der Waals surface area contributed by atoms with Crippen LogP contribution >= 0.6 is 11.6 Å². The molecule has 2 aromatic rings. The SMILES string of the molecule is Cc1nn(C(c2ccncc2)C(C)N)c(C)c1Cl. The number of nitrogens with zero attached hydrogens (tertiary/aromatic N) is 3. The van der Waals surface area contributed by atoms with Gasteiger partial charge in [-0.15, -0.1) is 0 Å². The first-order valence-electron chi connectivity index (χ1n) is 5.89. The molecule has 2 aromatic heterocycles. The molecule has 2 rings (SSSR count). The van der Waals surface area contributed by atoms with E-state index < -0.39 is 0 Å². The Kier molecular flexibility index (Phi) is 3.68. The molecule has 96 valence electrons. The highest BCUT2D eigenvalue weighted by Crippen LogP contribution is 2.27. The van der Waals surface area contributed by atoms with Gasteiger partial charge in [-0.25, -0.2) is 0 Å². The van der Waals surface area contributed by atoms with Crippen LogP contribution in [0.1, 0.15) is 29.9 Å². The van der Waals surface area contributed by atoms with Gasteiger partial charge in [0.05, 0.1) is 22.5 Å². The van der Waals surface area contributed by atoms with E-state index in [2.05, 4.69) is 10.1 Å². The van der Waals surface area contributed by atoms with E-state index in [9.17, 15) is 0 Å². The second-order valence-electron chi connectivity index (χ2n) is 4.51. The van der Waals surface area contributed by atoms with Gasteiger partial charge in [-0.1, -0.05) is 11.6 Å². The van der Waals surface area contributed by atoms with Crippen LogP contribution in [-0.2, 0) is 0 Å². The smallest absolute Gasteiger partial charge is 0.0921 e. The molecule has 0 aliphatic heterocycles. The lowest BCUT2D eigenvalue weighted by molar-refractivity contribution is 0.443. The van der Waals surface area contributed by atoms with Gasteiger partial charge >= 0.3 is 0 Å². The van der Waals surface area contributed by atoms with E-state index in [-0.39, 0.29) is 12.1 Å². The number of aromatic nitrogens is 3. The molecule has 0 aromatic carbocycles. The quantitative estimate of drug-likeness (QED) is 0.927. The van der Waals surface area contributed by atoms with Crippen LogP contribution in [0.25, 0.3) is 0 Å². The summed E-state index contributed by atoms with van der Waals surface area (Å²) in [5.74, 6) is 0. The van der Waals surface area contributed by atoms with Gasteiger partial charge in [0.25, 0.3) is 0 Å². The fourth-order valence-electron chi connectivity index (χ4n) is 2.14. The van der Waals surface area contributed by atoms with Crippen molar-refractivity contribution in [2.75, 3.05) is 0 Å². The van der Waals surface area contributed by atoms with Crippen LogP contribution in [0, 0.1) is 13.8 Å². The Morgan fingerprint density at radius 2 is 1.89 bits per heavy atom. The third-order valence-corrected chi connectivity index (χ3v) is 3.59. The highest BCUT2D eigenvalue weighted by atomic mass is 35.5. The van der Waals surface area contributed by atoms with E-state index >= 15 is 0 Å². The summed E-state index contributed by atoms with van der Waals surface area (Å²) in [7, 11) is 0. The third kappa shape index (κ3) is 2.26. The molecule has 0 spiro atoms. The maximum absolute atomic E-state index is 6.20. The van der Waals surface area contributed by atoms with Crippen molar-refractivity contribution < 1.29 is 0 Å². The predicted octanol–water partition coefficient (Wildman–Crippen LogP) is 2.48. The molecule has 2 heterocycles. The van der Waals surface area contributed by atoms with Crippen LogP contribution in [-0.4, -0.2) is 20.8 Å². The number of pyridine rings is 1. The zero-order chi connectivity index (χ0) is 13.3. The minimum atomic E-state index is -0.0681. The van der Waals surface area contributed by atoms with Crippen LogP contribution < -0.4 is 5.73 Å². The second-order valence-corrected chi connectivity index (χ2v) is 4.89. The van der Waals surface area contributed by atoms with Crippen LogP contribution in [0.3, 0.4) is 0 Å². The molecule has 0 radical (unpaired) electrons. The first-order valence-corrected chi connectivity index (χ1v) is 6.27. The number of halogens is 1. The summed E-state index contributed by atoms with van der Waals surface area (Å²) in [6.45, 7) is 5.82. The van der Waals surface area contributed by atoms with Crippen LogP contribution in [0.4, 0.5) is 0 Å².